The van der Waals surface area contributed by atoms with Crippen molar-refractivity contribution in [3.05, 3.63) is 58.9 Å². The van der Waals surface area contributed by atoms with Crippen LogP contribution in [0.15, 0.2) is 42.6 Å². The Balaban J connectivity index is 1.81. The zero-order valence-corrected chi connectivity index (χ0v) is 10.6. The van der Waals surface area contributed by atoms with Crippen molar-refractivity contribution in [1.82, 2.24) is 4.57 Å². The van der Waals surface area contributed by atoms with Gasteiger partial charge in [0.05, 0.1) is 5.69 Å². The van der Waals surface area contributed by atoms with Crippen molar-refractivity contribution in [2.45, 2.75) is 12.2 Å². The van der Waals surface area contributed by atoms with Crippen LogP contribution >= 0.6 is 11.6 Å². The molecule has 0 unspecified atom stereocenters. The number of nitrogens with zero attached hydrogens (tertiary/aromatic N) is 1. The highest BCUT2D eigenvalue weighted by atomic mass is 35.5. The van der Waals surface area contributed by atoms with Gasteiger partial charge in [-0.3, -0.25) is 4.79 Å². The van der Waals surface area contributed by atoms with E-state index < -0.39 is 6.10 Å². The number of carbonyl (C=O) groups is 1. The maximum atomic E-state index is 12.2. The normalized spacial score (nSPS) is 21.9. The van der Waals surface area contributed by atoms with E-state index in [1.165, 1.54) is 0 Å². The monoisotopic (exact) mass is 261 g/mol. The molecule has 1 aliphatic heterocycles. The van der Waals surface area contributed by atoms with Crippen molar-refractivity contribution < 1.29 is 9.53 Å². The van der Waals surface area contributed by atoms with Gasteiger partial charge in [0.1, 0.15) is 6.10 Å². The molecule has 2 aromatic rings. The number of ketones is 1. The number of aryl methyl sites for hydroxylation is 1. The smallest absolute Gasteiger partial charge is 0.210 e. The Bertz CT molecular complexity index is 605. The summed E-state index contributed by atoms with van der Waals surface area (Å²) in [4.78, 5) is 12.2. The first-order chi connectivity index (χ1) is 8.68. The molecule has 0 aliphatic carbocycles. The van der Waals surface area contributed by atoms with E-state index in [9.17, 15) is 4.79 Å². The molecular formula is C14H12ClNO2. The second kappa shape index (κ2) is 4.26. The summed E-state index contributed by atoms with van der Waals surface area (Å²) in [7, 11) is 1.85. The average Bonchev–Trinajstić information content (AvgIpc) is 3.04. The molecule has 0 spiro atoms. The molecule has 0 saturated carbocycles. The van der Waals surface area contributed by atoms with Gasteiger partial charge in [-0.1, -0.05) is 29.8 Å². The molecule has 1 fully saturated rings. The number of hydrogen-bond donors (Lipinski definition) is 0. The van der Waals surface area contributed by atoms with E-state index in [-0.39, 0.29) is 11.9 Å². The van der Waals surface area contributed by atoms with Gasteiger partial charge in [0.2, 0.25) is 5.78 Å². The van der Waals surface area contributed by atoms with Gasteiger partial charge in [-0.05, 0) is 18.2 Å². The van der Waals surface area contributed by atoms with Gasteiger partial charge in [0, 0.05) is 23.8 Å². The summed E-state index contributed by atoms with van der Waals surface area (Å²) in [6.07, 6.45) is 1.24. The molecule has 2 heterocycles. The van der Waals surface area contributed by atoms with Crippen LogP contribution in [0.1, 0.15) is 22.2 Å². The zero-order chi connectivity index (χ0) is 12.7. The molecule has 1 aromatic carbocycles. The van der Waals surface area contributed by atoms with E-state index in [1.54, 1.807) is 10.6 Å². The van der Waals surface area contributed by atoms with Crippen molar-refractivity contribution in [2.24, 2.45) is 7.05 Å². The first-order valence-electron chi connectivity index (χ1n) is 5.74. The topological polar surface area (TPSA) is 34.5 Å². The number of carbonyl (C=O) groups excluding carboxylic acids is 1. The minimum atomic E-state index is -0.404. The van der Waals surface area contributed by atoms with E-state index in [1.807, 2.05) is 43.6 Å². The number of halogens is 1. The SMILES string of the molecule is Cn1cccc1C(=O)[C@@H]1O[C@H]1c1ccccc1Cl. The standard InChI is InChI=1S/C14H12ClNO2/c1-16-8-4-7-11(16)12(17)14-13(18-14)9-5-2-3-6-10(9)15/h2-8,13-14H,1H3/t13-,14-/m0/s1. The average molecular weight is 262 g/mol. The van der Waals surface area contributed by atoms with Crippen LogP contribution < -0.4 is 0 Å². The highest BCUT2D eigenvalue weighted by molar-refractivity contribution is 6.31. The van der Waals surface area contributed by atoms with Crippen molar-refractivity contribution in [2.75, 3.05) is 0 Å². The van der Waals surface area contributed by atoms with E-state index in [4.69, 9.17) is 16.3 Å². The number of benzene rings is 1. The molecule has 1 aliphatic rings. The highest BCUT2D eigenvalue weighted by Gasteiger charge is 2.47. The van der Waals surface area contributed by atoms with Crippen LogP contribution in [-0.2, 0) is 11.8 Å². The summed E-state index contributed by atoms with van der Waals surface area (Å²) >= 11 is 6.09. The summed E-state index contributed by atoms with van der Waals surface area (Å²) in [5, 5.41) is 0.643. The van der Waals surface area contributed by atoms with Crippen molar-refractivity contribution in [3.63, 3.8) is 0 Å². The summed E-state index contributed by atoms with van der Waals surface area (Å²) in [6, 6.07) is 11.1. The predicted octanol–water partition coefficient (Wildman–Crippen LogP) is 3.00. The fourth-order valence-electron chi connectivity index (χ4n) is 2.12. The molecule has 4 heteroatoms. The third-order valence-electron chi connectivity index (χ3n) is 3.16. The van der Waals surface area contributed by atoms with Crippen LogP contribution in [0.5, 0.6) is 0 Å². The van der Waals surface area contributed by atoms with E-state index in [0.29, 0.717) is 10.7 Å². The van der Waals surface area contributed by atoms with Crippen molar-refractivity contribution in [3.8, 4) is 0 Å². The molecular weight excluding hydrogens is 250 g/mol. The van der Waals surface area contributed by atoms with Gasteiger partial charge in [-0.15, -0.1) is 0 Å². The summed E-state index contributed by atoms with van der Waals surface area (Å²) < 4.78 is 7.28. The second-order valence-electron chi connectivity index (χ2n) is 4.37. The Morgan fingerprint density at radius 2 is 2.06 bits per heavy atom. The van der Waals surface area contributed by atoms with Crippen LogP contribution in [0.4, 0.5) is 0 Å². The summed E-state index contributed by atoms with van der Waals surface area (Å²) in [6.45, 7) is 0. The van der Waals surface area contributed by atoms with Gasteiger partial charge < -0.3 is 9.30 Å². The highest BCUT2D eigenvalue weighted by Crippen LogP contribution is 2.43. The predicted molar refractivity (Wildman–Crippen MR) is 68.8 cm³/mol. The van der Waals surface area contributed by atoms with Crippen molar-refractivity contribution >= 4 is 17.4 Å². The lowest BCUT2D eigenvalue weighted by Crippen LogP contribution is -2.12. The van der Waals surface area contributed by atoms with E-state index in [0.717, 1.165) is 5.56 Å². The number of Topliss-reactive ketones (excluding diaryl/α,β-unsaturated/α-hetero) is 1. The molecule has 3 nitrogen and oxygen atoms in total. The molecule has 92 valence electrons. The fourth-order valence-corrected chi connectivity index (χ4v) is 2.36. The van der Waals surface area contributed by atoms with E-state index >= 15 is 0 Å². The lowest BCUT2D eigenvalue weighted by atomic mass is 10.1. The lowest BCUT2D eigenvalue weighted by molar-refractivity contribution is 0.0945. The number of ether oxygens (including phenoxy) is 1. The molecule has 18 heavy (non-hydrogen) atoms. The van der Waals surface area contributed by atoms with Gasteiger partial charge in [-0.25, -0.2) is 0 Å². The Kier molecular flexibility index (Phi) is 2.73. The third-order valence-corrected chi connectivity index (χ3v) is 3.50. The Labute approximate surface area is 110 Å². The van der Waals surface area contributed by atoms with Crippen LogP contribution in [-0.4, -0.2) is 16.5 Å². The summed E-state index contributed by atoms with van der Waals surface area (Å²) in [5.41, 5.74) is 1.54. The summed E-state index contributed by atoms with van der Waals surface area (Å²) in [5.74, 6) is 0.00687. The van der Waals surface area contributed by atoms with Gasteiger partial charge in [-0.2, -0.15) is 0 Å². The maximum Gasteiger partial charge on any atom is 0.210 e. The second-order valence-corrected chi connectivity index (χ2v) is 4.77. The Morgan fingerprint density at radius 1 is 1.28 bits per heavy atom. The maximum absolute atomic E-state index is 12.2. The Hall–Kier alpha value is -1.58. The van der Waals surface area contributed by atoms with Crippen LogP contribution in [0, 0.1) is 0 Å². The molecule has 0 radical (unpaired) electrons. The largest absolute Gasteiger partial charge is 0.356 e. The number of rotatable bonds is 3. The molecule has 0 amide bonds. The van der Waals surface area contributed by atoms with Crippen LogP contribution in [0.3, 0.4) is 0 Å². The third kappa shape index (κ3) is 1.85. The van der Waals surface area contributed by atoms with Crippen molar-refractivity contribution in [1.29, 1.82) is 0 Å². The van der Waals surface area contributed by atoms with Gasteiger partial charge in [0.15, 0.2) is 6.10 Å². The van der Waals surface area contributed by atoms with Crippen LogP contribution in [0.25, 0.3) is 0 Å². The lowest BCUT2D eigenvalue weighted by Gasteiger charge is -2.00. The first-order valence-corrected chi connectivity index (χ1v) is 6.11. The van der Waals surface area contributed by atoms with Gasteiger partial charge >= 0.3 is 0 Å². The minimum Gasteiger partial charge on any atom is -0.356 e. The molecule has 1 saturated heterocycles. The first kappa shape index (κ1) is 11.5. The minimum absolute atomic E-state index is 0.00687. The van der Waals surface area contributed by atoms with Gasteiger partial charge in [0.25, 0.3) is 0 Å². The van der Waals surface area contributed by atoms with Crippen LogP contribution in [0.2, 0.25) is 5.02 Å². The Morgan fingerprint density at radius 3 is 2.72 bits per heavy atom. The quantitative estimate of drug-likeness (QED) is 0.629. The molecule has 2 atom stereocenters. The van der Waals surface area contributed by atoms with E-state index in [2.05, 4.69) is 0 Å². The molecule has 0 bridgehead atoms. The molecule has 1 aromatic heterocycles. The number of hydrogen-bond acceptors (Lipinski definition) is 2. The fraction of sp³-hybridized carbons (Fsp3) is 0.214. The molecule has 3 rings (SSSR count). The number of epoxide rings is 1. The number of aromatic nitrogens is 1. The molecule has 0 N–H and O–H groups in total. The zero-order valence-electron chi connectivity index (χ0n) is 9.84.